The summed E-state index contributed by atoms with van der Waals surface area (Å²) in [6.45, 7) is 3.06. The molecule has 0 aliphatic heterocycles. The van der Waals surface area contributed by atoms with Gasteiger partial charge in [0.2, 0.25) is 5.91 Å². The lowest BCUT2D eigenvalue weighted by molar-refractivity contribution is -0.133. The van der Waals surface area contributed by atoms with Crippen LogP contribution in [0, 0.1) is 11.7 Å². The van der Waals surface area contributed by atoms with Gasteiger partial charge in [0.05, 0.1) is 14.2 Å². The van der Waals surface area contributed by atoms with Crippen molar-refractivity contribution in [2.45, 2.75) is 25.8 Å². The zero-order valence-corrected chi connectivity index (χ0v) is 15.4. The minimum absolute atomic E-state index is 0.0110. The number of amides is 1. The Morgan fingerprint density at radius 2 is 1.88 bits per heavy atom. The van der Waals surface area contributed by atoms with Crippen LogP contribution in [-0.4, -0.2) is 31.6 Å². The van der Waals surface area contributed by atoms with Crippen LogP contribution >= 0.6 is 0 Å². The summed E-state index contributed by atoms with van der Waals surface area (Å²) >= 11 is 0. The van der Waals surface area contributed by atoms with E-state index < -0.39 is 0 Å². The monoisotopic (exact) mass is 357 g/mol. The first kappa shape index (κ1) is 18.2. The number of rotatable bonds is 7. The van der Waals surface area contributed by atoms with Crippen molar-refractivity contribution in [2.24, 2.45) is 5.92 Å². The lowest BCUT2D eigenvalue weighted by atomic mass is 10.1. The lowest BCUT2D eigenvalue weighted by Crippen LogP contribution is -2.32. The molecule has 0 spiro atoms. The molecular formula is C21H24FNO3. The number of benzene rings is 2. The summed E-state index contributed by atoms with van der Waals surface area (Å²) in [5.41, 5.74) is 1.62. The molecule has 0 aromatic heterocycles. The second-order valence-electron chi connectivity index (χ2n) is 6.51. The predicted octanol–water partition coefficient (Wildman–Crippen LogP) is 4.00. The number of carbonyl (C=O) groups excluding carboxylic acids is 1. The Kier molecular flexibility index (Phi) is 5.45. The van der Waals surface area contributed by atoms with E-state index in [2.05, 4.69) is 0 Å². The summed E-state index contributed by atoms with van der Waals surface area (Å²) in [7, 11) is 3.18. The molecular weight excluding hydrogens is 333 g/mol. The average Bonchev–Trinajstić information content (AvgIpc) is 3.46. The maximum atomic E-state index is 14.0. The fourth-order valence-corrected chi connectivity index (χ4v) is 3.37. The summed E-state index contributed by atoms with van der Waals surface area (Å²) in [4.78, 5) is 14.7. The third-order valence-corrected chi connectivity index (χ3v) is 4.93. The Hall–Kier alpha value is -2.56. The van der Waals surface area contributed by atoms with Crippen molar-refractivity contribution in [2.75, 3.05) is 20.8 Å². The van der Waals surface area contributed by atoms with Gasteiger partial charge in [0.15, 0.2) is 11.5 Å². The van der Waals surface area contributed by atoms with Crippen LogP contribution < -0.4 is 9.47 Å². The molecule has 0 saturated heterocycles. The van der Waals surface area contributed by atoms with Gasteiger partial charge in [-0.05, 0) is 48.6 Å². The van der Waals surface area contributed by atoms with E-state index in [1.165, 1.54) is 6.07 Å². The van der Waals surface area contributed by atoms with Gasteiger partial charge in [-0.1, -0.05) is 24.3 Å². The highest BCUT2D eigenvalue weighted by atomic mass is 19.1. The molecule has 0 heterocycles. The molecule has 1 aliphatic carbocycles. The van der Waals surface area contributed by atoms with Crippen molar-refractivity contribution in [3.63, 3.8) is 0 Å². The maximum Gasteiger partial charge on any atom is 0.226 e. The van der Waals surface area contributed by atoms with Crippen molar-refractivity contribution in [1.82, 2.24) is 4.90 Å². The average molecular weight is 357 g/mol. The molecule has 2 aromatic carbocycles. The van der Waals surface area contributed by atoms with E-state index in [0.29, 0.717) is 36.6 Å². The zero-order chi connectivity index (χ0) is 18.7. The molecule has 2 atom stereocenters. The molecule has 2 aromatic rings. The second kappa shape index (κ2) is 7.77. The predicted molar refractivity (Wildman–Crippen MR) is 97.9 cm³/mol. The fourth-order valence-electron chi connectivity index (χ4n) is 3.37. The molecule has 1 saturated carbocycles. The van der Waals surface area contributed by atoms with Crippen LogP contribution in [0.5, 0.6) is 11.5 Å². The molecule has 138 valence electrons. The number of hydrogen-bond acceptors (Lipinski definition) is 3. The Morgan fingerprint density at radius 1 is 1.15 bits per heavy atom. The first-order valence-electron chi connectivity index (χ1n) is 8.83. The van der Waals surface area contributed by atoms with Gasteiger partial charge >= 0.3 is 0 Å². The van der Waals surface area contributed by atoms with Crippen LogP contribution in [0.25, 0.3) is 0 Å². The highest BCUT2D eigenvalue weighted by Gasteiger charge is 2.46. The van der Waals surface area contributed by atoms with Crippen molar-refractivity contribution in [1.29, 1.82) is 0 Å². The minimum atomic E-state index is -0.226. The molecule has 5 heteroatoms. The third kappa shape index (κ3) is 3.66. The summed E-state index contributed by atoms with van der Waals surface area (Å²) in [5.74, 6) is 1.01. The normalized spacial score (nSPS) is 18.3. The first-order valence-corrected chi connectivity index (χ1v) is 8.83. The molecule has 26 heavy (non-hydrogen) atoms. The molecule has 1 aliphatic rings. The number of methoxy groups -OCH3 is 2. The molecule has 3 rings (SSSR count). The topological polar surface area (TPSA) is 38.8 Å². The van der Waals surface area contributed by atoms with Gasteiger partial charge in [0, 0.05) is 19.0 Å². The lowest BCUT2D eigenvalue weighted by Gasteiger charge is -2.22. The summed E-state index contributed by atoms with van der Waals surface area (Å²) in [6, 6.07) is 12.4. The van der Waals surface area contributed by atoms with E-state index in [0.717, 1.165) is 5.56 Å². The number of ether oxygens (including phenoxy) is 2. The molecule has 0 radical (unpaired) electrons. The number of carbonyl (C=O) groups is 1. The van der Waals surface area contributed by atoms with Crippen molar-refractivity contribution in [3.05, 3.63) is 59.4 Å². The van der Waals surface area contributed by atoms with Gasteiger partial charge in [-0.15, -0.1) is 0 Å². The number of hydrogen-bond donors (Lipinski definition) is 0. The quantitative estimate of drug-likeness (QED) is 0.752. The smallest absolute Gasteiger partial charge is 0.226 e. The van der Waals surface area contributed by atoms with Crippen LogP contribution in [-0.2, 0) is 11.3 Å². The van der Waals surface area contributed by atoms with Gasteiger partial charge in [0.1, 0.15) is 5.82 Å². The van der Waals surface area contributed by atoms with Gasteiger partial charge in [-0.25, -0.2) is 4.39 Å². The number of nitrogens with zero attached hydrogens (tertiary/aromatic N) is 1. The van der Waals surface area contributed by atoms with Gasteiger partial charge in [-0.2, -0.15) is 0 Å². The van der Waals surface area contributed by atoms with Gasteiger partial charge in [0.25, 0.3) is 0 Å². The molecule has 2 unspecified atom stereocenters. The van der Waals surface area contributed by atoms with Crippen LogP contribution in [0.1, 0.15) is 30.4 Å². The van der Waals surface area contributed by atoms with Crippen molar-refractivity contribution < 1.29 is 18.7 Å². The standard InChI is InChI=1S/C21H24FNO3/c1-4-23(13-14-9-10-19(25-2)20(11-14)26-3)21(24)17-12-16(17)15-7-5-6-8-18(15)22/h5-11,16-17H,4,12-13H2,1-3H3. The second-order valence-corrected chi connectivity index (χ2v) is 6.51. The van der Waals surface area contributed by atoms with E-state index in [1.807, 2.05) is 36.1 Å². The molecule has 0 bridgehead atoms. The van der Waals surface area contributed by atoms with Crippen LogP contribution in [0.2, 0.25) is 0 Å². The van der Waals surface area contributed by atoms with Gasteiger partial charge in [-0.3, -0.25) is 4.79 Å². The molecule has 4 nitrogen and oxygen atoms in total. The van der Waals surface area contributed by atoms with E-state index in [-0.39, 0.29) is 23.6 Å². The van der Waals surface area contributed by atoms with E-state index >= 15 is 0 Å². The number of halogens is 1. The Balaban J connectivity index is 1.70. The van der Waals surface area contributed by atoms with E-state index in [4.69, 9.17) is 9.47 Å². The highest BCUT2D eigenvalue weighted by molar-refractivity contribution is 5.83. The maximum absolute atomic E-state index is 14.0. The first-order chi connectivity index (χ1) is 12.6. The Labute approximate surface area is 153 Å². The SMILES string of the molecule is CCN(Cc1ccc(OC)c(OC)c1)C(=O)C1CC1c1ccccc1F. The summed E-state index contributed by atoms with van der Waals surface area (Å²) in [6.07, 6.45) is 0.711. The third-order valence-electron chi connectivity index (χ3n) is 4.93. The van der Waals surface area contributed by atoms with Crippen molar-refractivity contribution in [3.8, 4) is 11.5 Å². The van der Waals surface area contributed by atoms with Gasteiger partial charge < -0.3 is 14.4 Å². The zero-order valence-electron chi connectivity index (χ0n) is 15.4. The molecule has 1 amide bonds. The van der Waals surface area contributed by atoms with E-state index in [9.17, 15) is 9.18 Å². The summed E-state index contributed by atoms with van der Waals surface area (Å²) in [5, 5.41) is 0. The van der Waals surface area contributed by atoms with Crippen LogP contribution in [0.4, 0.5) is 4.39 Å². The summed E-state index contributed by atoms with van der Waals surface area (Å²) < 4.78 is 24.5. The Bertz CT molecular complexity index is 793. The molecule has 1 fully saturated rings. The van der Waals surface area contributed by atoms with Crippen LogP contribution in [0.3, 0.4) is 0 Å². The minimum Gasteiger partial charge on any atom is -0.493 e. The van der Waals surface area contributed by atoms with Crippen LogP contribution in [0.15, 0.2) is 42.5 Å². The van der Waals surface area contributed by atoms with E-state index in [1.54, 1.807) is 26.4 Å². The fraction of sp³-hybridized carbons (Fsp3) is 0.381. The Morgan fingerprint density at radius 3 is 2.54 bits per heavy atom. The highest BCUT2D eigenvalue weighted by Crippen LogP contribution is 2.49. The van der Waals surface area contributed by atoms with Crippen molar-refractivity contribution >= 4 is 5.91 Å². The molecule has 0 N–H and O–H groups in total. The largest absolute Gasteiger partial charge is 0.493 e.